The molecule has 0 radical (unpaired) electrons. The summed E-state index contributed by atoms with van der Waals surface area (Å²) < 4.78 is 2.39. The Hall–Kier alpha value is -3.34. The summed E-state index contributed by atoms with van der Waals surface area (Å²) in [4.78, 5) is 21.0. The van der Waals surface area contributed by atoms with Crippen LogP contribution in [0.3, 0.4) is 0 Å². The fraction of sp³-hybridized carbons (Fsp3) is 0.308. The van der Waals surface area contributed by atoms with Gasteiger partial charge in [0.25, 0.3) is 0 Å². The quantitative estimate of drug-likeness (QED) is 0.402. The van der Waals surface area contributed by atoms with E-state index in [0.717, 1.165) is 60.3 Å². The van der Waals surface area contributed by atoms with Crippen LogP contribution >= 0.6 is 0 Å². The zero-order valence-electron chi connectivity index (χ0n) is 18.2. The first-order valence-electron chi connectivity index (χ1n) is 10.9. The van der Waals surface area contributed by atoms with Crippen LogP contribution in [0.2, 0.25) is 0 Å². The lowest BCUT2D eigenvalue weighted by molar-refractivity contribution is 0.112. The van der Waals surface area contributed by atoms with Crippen molar-refractivity contribution in [2.45, 2.75) is 26.3 Å². The van der Waals surface area contributed by atoms with E-state index in [4.69, 9.17) is 4.99 Å². The fourth-order valence-electron chi connectivity index (χ4n) is 4.50. The molecule has 2 aromatic carbocycles. The minimum atomic E-state index is 0.631. The topological polar surface area (TPSA) is 40.8 Å². The minimum absolute atomic E-state index is 0.631. The van der Waals surface area contributed by atoms with Gasteiger partial charge in [0.2, 0.25) is 0 Å². The molecule has 0 N–H and O–H groups in total. The van der Waals surface area contributed by atoms with E-state index in [-0.39, 0.29) is 0 Å². The molecule has 2 aliphatic rings. The highest BCUT2D eigenvalue weighted by Gasteiger charge is 2.25. The largest absolute Gasteiger partial charge is 0.369 e. The number of nitrogens with zero attached hydrogens (tertiary/aromatic N) is 4. The SMILES string of the molecule is C=C(C)N1CCN(C)c2c(/N=C/c3cc4ccccc4n3CC3CC3)cc(C=O)cc21. The van der Waals surface area contributed by atoms with Gasteiger partial charge in [0.15, 0.2) is 0 Å². The number of anilines is 2. The van der Waals surface area contributed by atoms with Gasteiger partial charge in [-0.3, -0.25) is 9.79 Å². The third kappa shape index (κ3) is 3.65. The number of benzene rings is 2. The molecule has 1 saturated carbocycles. The maximum Gasteiger partial charge on any atom is 0.150 e. The van der Waals surface area contributed by atoms with Crippen molar-refractivity contribution in [3.05, 3.63) is 66.0 Å². The monoisotopic (exact) mass is 412 g/mol. The van der Waals surface area contributed by atoms with E-state index in [1.54, 1.807) is 0 Å². The number of aliphatic imine (C=N–C) groups is 1. The van der Waals surface area contributed by atoms with E-state index in [2.05, 4.69) is 58.3 Å². The molecule has 5 nitrogen and oxygen atoms in total. The molecule has 0 unspecified atom stereocenters. The number of aldehydes is 1. The Morgan fingerprint density at radius 1 is 1.19 bits per heavy atom. The molecule has 0 spiro atoms. The Bertz CT molecular complexity index is 1200. The zero-order chi connectivity index (χ0) is 21.5. The number of fused-ring (bicyclic) bond motifs is 2. The van der Waals surface area contributed by atoms with Crippen LogP contribution in [0.1, 0.15) is 35.8 Å². The van der Waals surface area contributed by atoms with Crippen molar-refractivity contribution >= 4 is 40.5 Å². The second kappa shape index (κ2) is 7.73. The molecule has 1 aliphatic carbocycles. The van der Waals surface area contributed by atoms with Gasteiger partial charge in [0, 0.05) is 48.8 Å². The predicted octanol–water partition coefficient (Wildman–Crippen LogP) is 5.40. The summed E-state index contributed by atoms with van der Waals surface area (Å²) in [6, 6.07) is 14.5. The van der Waals surface area contributed by atoms with Crippen LogP contribution in [-0.4, -0.2) is 37.2 Å². The Morgan fingerprint density at radius 2 is 2.00 bits per heavy atom. The summed E-state index contributed by atoms with van der Waals surface area (Å²) in [5, 5.41) is 1.24. The van der Waals surface area contributed by atoms with Gasteiger partial charge >= 0.3 is 0 Å². The van der Waals surface area contributed by atoms with Gasteiger partial charge in [-0.15, -0.1) is 0 Å². The molecular weight excluding hydrogens is 384 g/mol. The van der Waals surface area contributed by atoms with Crippen molar-refractivity contribution in [3.63, 3.8) is 0 Å². The molecule has 1 fully saturated rings. The molecule has 31 heavy (non-hydrogen) atoms. The van der Waals surface area contributed by atoms with Crippen LogP contribution in [0.5, 0.6) is 0 Å². The van der Waals surface area contributed by atoms with Crippen molar-refractivity contribution in [1.29, 1.82) is 0 Å². The first kappa shape index (κ1) is 19.6. The molecule has 5 rings (SSSR count). The van der Waals surface area contributed by atoms with Crippen LogP contribution < -0.4 is 9.80 Å². The van der Waals surface area contributed by atoms with E-state index in [0.29, 0.717) is 5.56 Å². The van der Waals surface area contributed by atoms with Gasteiger partial charge in [-0.1, -0.05) is 24.8 Å². The van der Waals surface area contributed by atoms with Gasteiger partial charge in [-0.25, -0.2) is 0 Å². The van der Waals surface area contributed by atoms with Crippen LogP contribution in [0.4, 0.5) is 17.1 Å². The summed E-state index contributed by atoms with van der Waals surface area (Å²) >= 11 is 0. The Morgan fingerprint density at radius 3 is 2.74 bits per heavy atom. The van der Waals surface area contributed by atoms with E-state index >= 15 is 0 Å². The Balaban J connectivity index is 1.61. The number of para-hydroxylation sites is 1. The number of allylic oxidation sites excluding steroid dienone is 1. The number of hydrogen-bond acceptors (Lipinski definition) is 4. The normalized spacial score (nSPS) is 16.2. The average molecular weight is 413 g/mol. The third-order valence-corrected chi connectivity index (χ3v) is 6.34. The highest BCUT2D eigenvalue weighted by Crippen LogP contribution is 2.42. The number of aromatic nitrogens is 1. The Labute approximate surface area is 183 Å². The van der Waals surface area contributed by atoms with Crippen LogP contribution in [-0.2, 0) is 6.54 Å². The molecule has 2 heterocycles. The molecule has 0 bridgehead atoms. The highest BCUT2D eigenvalue weighted by molar-refractivity contribution is 5.96. The van der Waals surface area contributed by atoms with Crippen LogP contribution in [0.25, 0.3) is 10.9 Å². The summed E-state index contributed by atoms with van der Waals surface area (Å²) in [5.74, 6) is 0.768. The highest BCUT2D eigenvalue weighted by atomic mass is 16.1. The number of carbonyl (C=O) groups is 1. The predicted molar refractivity (Wildman–Crippen MR) is 129 cm³/mol. The smallest absolute Gasteiger partial charge is 0.150 e. The van der Waals surface area contributed by atoms with Crippen molar-refractivity contribution in [1.82, 2.24) is 4.57 Å². The number of likely N-dealkylation sites (N-methyl/N-ethyl adjacent to an activating group) is 1. The lowest BCUT2D eigenvalue weighted by Crippen LogP contribution is -2.38. The summed E-state index contributed by atoms with van der Waals surface area (Å²) in [7, 11) is 2.08. The molecule has 3 aromatic rings. The van der Waals surface area contributed by atoms with Crippen molar-refractivity contribution in [2.75, 3.05) is 29.9 Å². The lowest BCUT2D eigenvalue weighted by atomic mass is 10.1. The van der Waals surface area contributed by atoms with Gasteiger partial charge < -0.3 is 14.4 Å². The summed E-state index contributed by atoms with van der Waals surface area (Å²) in [6.45, 7) is 8.89. The molecule has 1 aliphatic heterocycles. The van der Waals surface area contributed by atoms with Crippen LogP contribution in [0, 0.1) is 5.92 Å². The van der Waals surface area contributed by atoms with E-state index < -0.39 is 0 Å². The van der Waals surface area contributed by atoms with Gasteiger partial charge in [-0.2, -0.15) is 0 Å². The first-order valence-corrected chi connectivity index (χ1v) is 10.9. The molecule has 0 amide bonds. The second-order valence-electron chi connectivity index (χ2n) is 8.77. The first-order chi connectivity index (χ1) is 15.0. The Kier molecular flexibility index (Phi) is 4.89. The zero-order valence-corrected chi connectivity index (χ0v) is 18.2. The summed E-state index contributed by atoms with van der Waals surface area (Å²) in [5.41, 5.74) is 6.82. The number of carbonyl (C=O) groups excluding carboxylic acids is 1. The number of hydrogen-bond donors (Lipinski definition) is 0. The van der Waals surface area contributed by atoms with E-state index in [9.17, 15) is 4.79 Å². The van der Waals surface area contributed by atoms with E-state index in [1.807, 2.05) is 25.3 Å². The maximum atomic E-state index is 11.7. The maximum absolute atomic E-state index is 11.7. The van der Waals surface area contributed by atoms with E-state index in [1.165, 1.54) is 23.7 Å². The fourth-order valence-corrected chi connectivity index (χ4v) is 4.50. The van der Waals surface area contributed by atoms with Gasteiger partial charge in [0.05, 0.1) is 29.0 Å². The minimum Gasteiger partial charge on any atom is -0.369 e. The summed E-state index contributed by atoms with van der Waals surface area (Å²) in [6.07, 6.45) is 5.47. The third-order valence-electron chi connectivity index (χ3n) is 6.34. The second-order valence-corrected chi connectivity index (χ2v) is 8.77. The van der Waals surface area contributed by atoms with Crippen LogP contribution in [0.15, 0.2) is 59.7 Å². The molecular formula is C26H28N4O. The lowest BCUT2D eigenvalue weighted by Gasteiger charge is -2.38. The number of rotatable bonds is 6. The molecule has 158 valence electrons. The van der Waals surface area contributed by atoms with Crippen molar-refractivity contribution in [3.8, 4) is 0 Å². The standard InChI is InChI=1S/C26H28N4O/c1-18(2)29-11-10-28(3)26-23(12-20(17-31)13-25(26)29)27-15-22-14-21-6-4-5-7-24(21)30(22)16-19-8-9-19/h4-7,12-15,17,19H,1,8-11,16H2,2-3H3/b27-15+. The van der Waals surface area contributed by atoms with Gasteiger partial charge in [-0.05, 0) is 49.9 Å². The van der Waals surface area contributed by atoms with Crippen molar-refractivity contribution in [2.24, 2.45) is 10.9 Å². The molecule has 5 heteroatoms. The average Bonchev–Trinajstić information content (AvgIpc) is 3.52. The molecule has 0 atom stereocenters. The molecule has 1 aromatic heterocycles. The van der Waals surface area contributed by atoms with Crippen molar-refractivity contribution < 1.29 is 4.79 Å². The van der Waals surface area contributed by atoms with Gasteiger partial charge in [0.1, 0.15) is 6.29 Å². The molecule has 0 saturated heterocycles.